The van der Waals surface area contributed by atoms with Crippen LogP contribution >= 0.6 is 11.6 Å². The molecule has 0 aliphatic carbocycles. The van der Waals surface area contributed by atoms with Crippen LogP contribution in [-0.4, -0.2) is 35.7 Å². The molecule has 0 fully saturated rings. The fraction of sp³-hybridized carbons (Fsp3) is 0.259. The lowest BCUT2D eigenvalue weighted by Crippen LogP contribution is -2.28. The average Bonchev–Trinajstić information content (AvgIpc) is 3.21. The number of ether oxygens (including phenoxy) is 2. The third-order valence-electron chi connectivity index (χ3n) is 5.57. The van der Waals surface area contributed by atoms with Crippen molar-refractivity contribution in [2.45, 2.75) is 25.8 Å². The van der Waals surface area contributed by atoms with E-state index in [0.717, 1.165) is 46.9 Å². The van der Waals surface area contributed by atoms with E-state index in [9.17, 15) is 4.79 Å². The number of hydrogen-bond acceptors (Lipinski definition) is 4. The lowest BCUT2D eigenvalue weighted by molar-refractivity contribution is -0.120. The Morgan fingerprint density at radius 2 is 1.74 bits per heavy atom. The van der Waals surface area contributed by atoms with Crippen LogP contribution < -0.4 is 14.8 Å². The van der Waals surface area contributed by atoms with Crippen molar-refractivity contribution in [2.24, 2.45) is 0 Å². The van der Waals surface area contributed by atoms with Crippen LogP contribution in [0.5, 0.6) is 11.5 Å². The largest absolute Gasteiger partial charge is 0.497 e. The number of amides is 1. The normalized spacial score (nSPS) is 10.9. The molecule has 6 nitrogen and oxygen atoms in total. The predicted molar refractivity (Wildman–Crippen MR) is 135 cm³/mol. The van der Waals surface area contributed by atoms with Crippen molar-refractivity contribution in [2.75, 3.05) is 20.3 Å². The van der Waals surface area contributed by atoms with Gasteiger partial charge in [0.1, 0.15) is 17.3 Å². The van der Waals surface area contributed by atoms with Crippen molar-refractivity contribution in [3.8, 4) is 11.5 Å². The molecule has 0 atom stereocenters. The summed E-state index contributed by atoms with van der Waals surface area (Å²) in [6, 6.07) is 23.1. The molecule has 0 aliphatic rings. The van der Waals surface area contributed by atoms with Gasteiger partial charge in [-0.1, -0.05) is 41.9 Å². The van der Waals surface area contributed by atoms with Gasteiger partial charge in [-0.25, -0.2) is 4.98 Å². The van der Waals surface area contributed by atoms with Crippen LogP contribution in [0.1, 0.15) is 17.8 Å². The lowest BCUT2D eigenvalue weighted by atomic mass is 10.1. The number of nitrogens with one attached hydrogen (secondary N) is 1. The molecule has 0 radical (unpaired) electrons. The summed E-state index contributed by atoms with van der Waals surface area (Å²) >= 11 is 6.17. The second-order valence-electron chi connectivity index (χ2n) is 7.91. The molecular weight excluding hydrogens is 450 g/mol. The van der Waals surface area contributed by atoms with Gasteiger partial charge in [-0.15, -0.1) is 0 Å². The van der Waals surface area contributed by atoms with Crippen LogP contribution in [0, 0.1) is 0 Å². The number of aromatic nitrogens is 2. The van der Waals surface area contributed by atoms with Crippen LogP contribution in [0.25, 0.3) is 11.0 Å². The van der Waals surface area contributed by atoms with Crippen molar-refractivity contribution in [1.82, 2.24) is 14.9 Å². The molecule has 0 saturated heterocycles. The zero-order chi connectivity index (χ0) is 23.8. The van der Waals surface area contributed by atoms with Gasteiger partial charge >= 0.3 is 0 Å². The Balaban J connectivity index is 1.33. The number of para-hydroxylation sites is 2. The van der Waals surface area contributed by atoms with Gasteiger partial charge in [0.2, 0.25) is 5.91 Å². The maximum Gasteiger partial charge on any atom is 0.224 e. The first-order chi connectivity index (χ1) is 16.6. The molecule has 4 rings (SSSR count). The third kappa shape index (κ3) is 6.08. The zero-order valence-corrected chi connectivity index (χ0v) is 19.9. The Hall–Kier alpha value is -3.51. The van der Waals surface area contributed by atoms with E-state index >= 15 is 0 Å². The molecule has 0 aliphatic heterocycles. The molecule has 1 amide bonds. The first kappa shape index (κ1) is 23.6. The topological polar surface area (TPSA) is 65.4 Å². The average molecular weight is 478 g/mol. The number of rotatable bonds is 11. The highest BCUT2D eigenvalue weighted by molar-refractivity contribution is 6.31. The van der Waals surface area contributed by atoms with Crippen molar-refractivity contribution in [1.29, 1.82) is 0 Å². The number of benzene rings is 3. The number of aryl methyl sites for hydroxylation is 1. The lowest BCUT2D eigenvalue weighted by Gasteiger charge is -2.11. The number of methoxy groups -OCH3 is 1. The number of fused-ring (bicyclic) bond motifs is 1. The molecule has 34 heavy (non-hydrogen) atoms. The molecule has 1 heterocycles. The molecule has 4 aromatic rings. The highest BCUT2D eigenvalue weighted by Gasteiger charge is 2.12. The fourth-order valence-electron chi connectivity index (χ4n) is 3.84. The monoisotopic (exact) mass is 477 g/mol. The number of carbonyl (C=O) groups excluding carboxylic acids is 1. The van der Waals surface area contributed by atoms with Crippen LogP contribution in [0.15, 0.2) is 72.8 Å². The van der Waals surface area contributed by atoms with Gasteiger partial charge in [0, 0.05) is 24.5 Å². The molecule has 0 saturated carbocycles. The molecule has 7 heteroatoms. The van der Waals surface area contributed by atoms with Crippen LogP contribution in [0.3, 0.4) is 0 Å². The summed E-state index contributed by atoms with van der Waals surface area (Å²) in [5.41, 5.74) is 2.87. The van der Waals surface area contributed by atoms with Gasteiger partial charge in [-0.2, -0.15) is 0 Å². The second kappa shape index (κ2) is 11.6. The Labute approximate surface area is 204 Å². The first-order valence-corrected chi connectivity index (χ1v) is 11.7. The minimum atomic E-state index is -0.0522. The minimum Gasteiger partial charge on any atom is -0.497 e. The maximum atomic E-state index is 12.4. The zero-order valence-electron chi connectivity index (χ0n) is 19.2. The van der Waals surface area contributed by atoms with E-state index in [0.29, 0.717) is 24.6 Å². The van der Waals surface area contributed by atoms with Gasteiger partial charge in [-0.05, 0) is 54.4 Å². The van der Waals surface area contributed by atoms with Gasteiger partial charge in [0.05, 0.1) is 31.2 Å². The SMILES string of the molecule is COc1ccc(OCCCn2c(CCNC(=O)Cc3ccccc3Cl)nc3ccccc32)cc1. The molecule has 0 unspecified atom stereocenters. The number of nitrogens with zero attached hydrogens (tertiary/aromatic N) is 2. The van der Waals surface area contributed by atoms with E-state index in [2.05, 4.69) is 16.0 Å². The summed E-state index contributed by atoms with van der Waals surface area (Å²) < 4.78 is 13.3. The molecule has 0 spiro atoms. The van der Waals surface area contributed by atoms with E-state index in [-0.39, 0.29) is 12.3 Å². The number of carbonyl (C=O) groups is 1. The van der Waals surface area contributed by atoms with Gasteiger partial charge in [0.25, 0.3) is 0 Å². The molecule has 1 aromatic heterocycles. The summed E-state index contributed by atoms with van der Waals surface area (Å²) in [5.74, 6) is 2.52. The van der Waals surface area contributed by atoms with E-state index < -0.39 is 0 Å². The van der Waals surface area contributed by atoms with Crippen molar-refractivity contribution >= 4 is 28.5 Å². The van der Waals surface area contributed by atoms with E-state index in [1.807, 2.05) is 60.7 Å². The van der Waals surface area contributed by atoms with Crippen LogP contribution in [0.2, 0.25) is 5.02 Å². The Bertz CT molecular complexity index is 1240. The summed E-state index contributed by atoms with van der Waals surface area (Å²) in [5, 5.41) is 3.60. The molecule has 0 bridgehead atoms. The number of hydrogen-bond donors (Lipinski definition) is 1. The highest BCUT2D eigenvalue weighted by atomic mass is 35.5. The van der Waals surface area contributed by atoms with Crippen molar-refractivity contribution in [3.63, 3.8) is 0 Å². The molecule has 176 valence electrons. The summed E-state index contributed by atoms with van der Waals surface area (Å²) in [6.07, 6.45) is 1.74. The van der Waals surface area contributed by atoms with Crippen molar-refractivity contribution < 1.29 is 14.3 Å². The third-order valence-corrected chi connectivity index (χ3v) is 5.94. The Kier molecular flexibility index (Phi) is 8.04. The molecule has 1 N–H and O–H groups in total. The van der Waals surface area contributed by atoms with Gasteiger partial charge in [0.15, 0.2) is 0 Å². The van der Waals surface area contributed by atoms with E-state index in [1.165, 1.54) is 0 Å². The summed E-state index contributed by atoms with van der Waals surface area (Å²) in [4.78, 5) is 17.2. The Morgan fingerprint density at radius 1 is 1.00 bits per heavy atom. The summed E-state index contributed by atoms with van der Waals surface area (Å²) in [6.45, 7) is 1.88. The smallest absolute Gasteiger partial charge is 0.224 e. The Morgan fingerprint density at radius 3 is 2.53 bits per heavy atom. The summed E-state index contributed by atoms with van der Waals surface area (Å²) in [7, 11) is 1.65. The van der Waals surface area contributed by atoms with Gasteiger partial charge < -0.3 is 19.4 Å². The molecular formula is C27H28ClN3O3. The predicted octanol–water partition coefficient (Wildman–Crippen LogP) is 5.07. The standard InChI is InChI=1S/C27H28ClN3O3/c1-33-21-11-13-22(14-12-21)34-18-6-17-31-25-10-5-4-9-24(25)30-26(31)15-16-29-27(32)19-20-7-2-3-8-23(20)28/h2-5,7-14H,6,15-19H2,1H3,(H,29,32). The van der Waals surface area contributed by atoms with Crippen molar-refractivity contribution in [3.05, 3.63) is 89.2 Å². The molecule has 3 aromatic carbocycles. The van der Waals surface area contributed by atoms with E-state index in [4.69, 9.17) is 26.1 Å². The fourth-order valence-corrected chi connectivity index (χ4v) is 4.04. The minimum absolute atomic E-state index is 0.0522. The van der Waals surface area contributed by atoms with E-state index in [1.54, 1.807) is 13.2 Å². The highest BCUT2D eigenvalue weighted by Crippen LogP contribution is 2.19. The first-order valence-electron chi connectivity index (χ1n) is 11.3. The quantitative estimate of drug-likeness (QED) is 0.306. The number of halogens is 1. The van der Waals surface area contributed by atoms with Crippen LogP contribution in [0.4, 0.5) is 0 Å². The second-order valence-corrected chi connectivity index (χ2v) is 8.32. The van der Waals surface area contributed by atoms with Crippen LogP contribution in [-0.2, 0) is 24.2 Å². The van der Waals surface area contributed by atoms with Gasteiger partial charge in [-0.3, -0.25) is 4.79 Å². The number of imidazole rings is 1. The maximum absolute atomic E-state index is 12.4.